The Morgan fingerprint density at radius 2 is 0.900 bits per heavy atom. The van der Waals surface area contributed by atoms with E-state index in [1.807, 2.05) is 0 Å². The summed E-state index contributed by atoms with van der Waals surface area (Å²) in [6.07, 6.45) is 25.1. The quantitative estimate of drug-likeness (QED) is 0.366. The zero-order valence-electron chi connectivity index (χ0n) is 19.5. The molecule has 4 nitrogen and oxygen atoms in total. The van der Waals surface area contributed by atoms with Crippen LogP contribution in [-0.2, 0) is 9.59 Å². The van der Waals surface area contributed by atoms with E-state index >= 15 is 0 Å². The molecule has 1 fully saturated rings. The van der Waals surface area contributed by atoms with E-state index < -0.39 is 17.4 Å². The minimum Gasteiger partial charge on any atom is -0.481 e. The maximum absolute atomic E-state index is 12.3. The molecule has 0 bridgehead atoms. The number of carbonyl (C=O) groups is 2. The van der Waals surface area contributed by atoms with Gasteiger partial charge < -0.3 is 10.2 Å². The summed E-state index contributed by atoms with van der Waals surface area (Å²) in [6, 6.07) is 0. The molecule has 0 aromatic heterocycles. The lowest BCUT2D eigenvalue weighted by Crippen LogP contribution is -2.31. The summed E-state index contributed by atoms with van der Waals surface area (Å²) in [4.78, 5) is 22.9. The van der Waals surface area contributed by atoms with Crippen LogP contribution in [0.4, 0.5) is 0 Å². The fourth-order valence-electron chi connectivity index (χ4n) is 5.01. The number of hydrogen-bond acceptors (Lipinski definition) is 2. The lowest BCUT2D eigenvalue weighted by molar-refractivity contribution is -0.151. The molecule has 0 radical (unpaired) electrons. The van der Waals surface area contributed by atoms with E-state index in [9.17, 15) is 14.7 Å². The van der Waals surface area contributed by atoms with Crippen LogP contribution in [0.25, 0.3) is 0 Å². The topological polar surface area (TPSA) is 74.6 Å². The van der Waals surface area contributed by atoms with Crippen molar-refractivity contribution in [2.24, 2.45) is 5.41 Å². The maximum atomic E-state index is 12.3. The minimum absolute atomic E-state index is 0.249. The van der Waals surface area contributed by atoms with Crippen molar-refractivity contribution >= 4 is 11.9 Å². The minimum atomic E-state index is -0.721. The monoisotopic (exact) mass is 424 g/mol. The van der Waals surface area contributed by atoms with Crippen molar-refractivity contribution in [1.82, 2.24) is 0 Å². The van der Waals surface area contributed by atoms with Gasteiger partial charge in [-0.25, -0.2) is 0 Å². The van der Waals surface area contributed by atoms with Gasteiger partial charge in [-0.2, -0.15) is 0 Å². The highest BCUT2D eigenvalue weighted by Gasteiger charge is 2.36. The van der Waals surface area contributed by atoms with Crippen LogP contribution in [0.2, 0.25) is 0 Å². The lowest BCUT2D eigenvalue weighted by Gasteiger charge is -2.30. The van der Waals surface area contributed by atoms with Crippen molar-refractivity contribution in [1.29, 1.82) is 0 Å². The first-order valence-electron chi connectivity index (χ1n) is 13.0. The van der Waals surface area contributed by atoms with Crippen LogP contribution < -0.4 is 0 Å². The molecule has 0 atom stereocenters. The van der Waals surface area contributed by atoms with Crippen molar-refractivity contribution in [2.45, 2.75) is 148 Å². The number of unbranched alkanes of at least 4 members (excludes halogenated alkanes) is 4. The molecule has 0 aromatic carbocycles. The standard InChI is InChI=1S/C26H48O4/c27-24(28)20-16-12-11-15-19-23-26(25(29)30)21-17-13-9-7-5-3-1-2-4-6-8-10-14-18-22-26/h1-23H2,(H,27,28)(H,29,30). The maximum Gasteiger partial charge on any atom is 0.309 e. The predicted molar refractivity (Wildman–Crippen MR) is 124 cm³/mol. The zero-order chi connectivity index (χ0) is 21.9. The Morgan fingerprint density at radius 1 is 0.533 bits per heavy atom. The van der Waals surface area contributed by atoms with Gasteiger partial charge in [-0.05, 0) is 25.7 Å². The summed E-state index contributed by atoms with van der Waals surface area (Å²) in [6.45, 7) is 0. The van der Waals surface area contributed by atoms with E-state index in [-0.39, 0.29) is 6.42 Å². The smallest absolute Gasteiger partial charge is 0.309 e. The van der Waals surface area contributed by atoms with Crippen LogP contribution in [0, 0.1) is 5.41 Å². The number of aliphatic carboxylic acids is 2. The predicted octanol–water partition coefficient (Wildman–Crippen LogP) is 8.13. The van der Waals surface area contributed by atoms with E-state index in [0.29, 0.717) is 0 Å². The molecule has 0 aromatic rings. The van der Waals surface area contributed by atoms with Crippen LogP contribution >= 0.6 is 0 Å². The third-order valence-electron chi connectivity index (χ3n) is 7.06. The first-order chi connectivity index (χ1) is 14.6. The molecule has 1 aliphatic carbocycles. The average Bonchev–Trinajstić information content (AvgIpc) is 2.71. The summed E-state index contributed by atoms with van der Waals surface area (Å²) >= 11 is 0. The molecule has 1 saturated carbocycles. The fraction of sp³-hybridized carbons (Fsp3) is 0.923. The lowest BCUT2D eigenvalue weighted by atomic mass is 9.74. The van der Waals surface area contributed by atoms with Gasteiger partial charge in [-0.3, -0.25) is 9.59 Å². The molecular formula is C26H48O4. The molecule has 0 aliphatic heterocycles. The number of carboxylic acids is 2. The second kappa shape index (κ2) is 17.6. The summed E-state index contributed by atoms with van der Waals surface area (Å²) in [5.74, 6) is -1.30. The Labute approximate surface area is 185 Å². The molecule has 4 heteroatoms. The van der Waals surface area contributed by atoms with E-state index in [1.165, 1.54) is 77.0 Å². The van der Waals surface area contributed by atoms with Gasteiger partial charge in [0.1, 0.15) is 0 Å². The van der Waals surface area contributed by atoms with Gasteiger partial charge in [0, 0.05) is 6.42 Å². The van der Waals surface area contributed by atoms with Crippen molar-refractivity contribution in [3.63, 3.8) is 0 Å². The van der Waals surface area contributed by atoms with Gasteiger partial charge in [0.05, 0.1) is 5.41 Å². The molecule has 0 unspecified atom stereocenters. The molecule has 30 heavy (non-hydrogen) atoms. The SMILES string of the molecule is O=C(O)CCCCCCCC1(C(=O)O)CCCCCCCCCCCCCCCC1. The average molecular weight is 425 g/mol. The molecule has 0 saturated heterocycles. The van der Waals surface area contributed by atoms with Gasteiger partial charge in [0.25, 0.3) is 0 Å². The third-order valence-corrected chi connectivity index (χ3v) is 7.06. The first-order valence-corrected chi connectivity index (χ1v) is 13.0. The Kier molecular flexibility index (Phi) is 15.8. The van der Waals surface area contributed by atoms with E-state index in [2.05, 4.69) is 0 Å². The van der Waals surface area contributed by atoms with E-state index in [4.69, 9.17) is 5.11 Å². The van der Waals surface area contributed by atoms with Crippen molar-refractivity contribution in [2.75, 3.05) is 0 Å². The van der Waals surface area contributed by atoms with E-state index in [1.54, 1.807) is 0 Å². The molecule has 1 rings (SSSR count). The summed E-state index contributed by atoms with van der Waals surface area (Å²) < 4.78 is 0. The molecule has 2 N–H and O–H groups in total. The van der Waals surface area contributed by atoms with Crippen LogP contribution in [0.1, 0.15) is 148 Å². The van der Waals surface area contributed by atoms with Crippen LogP contribution in [0.15, 0.2) is 0 Å². The highest BCUT2D eigenvalue weighted by molar-refractivity contribution is 5.74. The molecule has 0 amide bonds. The highest BCUT2D eigenvalue weighted by atomic mass is 16.4. The van der Waals surface area contributed by atoms with Crippen LogP contribution in [-0.4, -0.2) is 22.2 Å². The highest BCUT2D eigenvalue weighted by Crippen LogP contribution is 2.38. The van der Waals surface area contributed by atoms with Crippen LogP contribution in [0.3, 0.4) is 0 Å². The Morgan fingerprint density at radius 3 is 1.30 bits per heavy atom. The largest absolute Gasteiger partial charge is 0.481 e. The second-order valence-electron chi connectivity index (χ2n) is 9.70. The molecule has 0 heterocycles. The second-order valence-corrected chi connectivity index (χ2v) is 9.70. The van der Waals surface area contributed by atoms with Gasteiger partial charge in [-0.15, -0.1) is 0 Å². The third kappa shape index (κ3) is 13.3. The van der Waals surface area contributed by atoms with Gasteiger partial charge in [0.15, 0.2) is 0 Å². The first kappa shape index (κ1) is 27.0. The van der Waals surface area contributed by atoms with Gasteiger partial charge >= 0.3 is 11.9 Å². The molecular weight excluding hydrogens is 376 g/mol. The summed E-state index contributed by atoms with van der Waals surface area (Å²) in [5.41, 5.74) is -0.533. The molecule has 176 valence electrons. The van der Waals surface area contributed by atoms with Gasteiger partial charge in [-0.1, -0.05) is 116 Å². The Hall–Kier alpha value is -1.06. The van der Waals surface area contributed by atoms with Gasteiger partial charge in [0.2, 0.25) is 0 Å². The Bertz CT molecular complexity index is 428. The van der Waals surface area contributed by atoms with E-state index in [0.717, 1.165) is 64.2 Å². The van der Waals surface area contributed by atoms with Crippen molar-refractivity contribution < 1.29 is 19.8 Å². The molecule has 1 aliphatic rings. The molecule has 0 spiro atoms. The van der Waals surface area contributed by atoms with Crippen LogP contribution in [0.5, 0.6) is 0 Å². The number of rotatable bonds is 9. The van der Waals surface area contributed by atoms with Crippen molar-refractivity contribution in [3.05, 3.63) is 0 Å². The van der Waals surface area contributed by atoms with Crippen molar-refractivity contribution in [3.8, 4) is 0 Å². The summed E-state index contributed by atoms with van der Waals surface area (Å²) in [7, 11) is 0. The zero-order valence-corrected chi connectivity index (χ0v) is 19.5. The number of carboxylic acid groups (broad SMARTS) is 2. The summed E-state index contributed by atoms with van der Waals surface area (Å²) in [5, 5.41) is 18.9. The normalized spacial score (nSPS) is 20.3. The Balaban J connectivity index is 2.49. The number of hydrogen-bond donors (Lipinski definition) is 2. The fourth-order valence-corrected chi connectivity index (χ4v) is 5.01.